The number of nitrogens with zero attached hydrogens (tertiary/aromatic N) is 1. The summed E-state index contributed by atoms with van der Waals surface area (Å²) >= 11 is 2.14. The molecule has 2 atom stereocenters. The first-order valence-corrected chi connectivity index (χ1v) is 7.03. The van der Waals surface area contributed by atoms with Gasteiger partial charge in [0.15, 0.2) is 0 Å². The van der Waals surface area contributed by atoms with Gasteiger partial charge in [0.1, 0.15) is 0 Å². The van der Waals surface area contributed by atoms with Crippen molar-refractivity contribution < 1.29 is 0 Å². The van der Waals surface area contributed by atoms with Crippen LogP contribution in [0.2, 0.25) is 0 Å². The van der Waals surface area contributed by atoms with E-state index in [-0.39, 0.29) is 0 Å². The van der Waals surface area contributed by atoms with Gasteiger partial charge in [0, 0.05) is 22.7 Å². The number of thioether (sulfide) groups is 1. The van der Waals surface area contributed by atoms with Crippen LogP contribution in [0, 0.1) is 13.8 Å². The maximum absolute atomic E-state index is 2.54. The molecular formula is C13H21NS. The predicted molar refractivity (Wildman–Crippen MR) is 68.7 cm³/mol. The van der Waals surface area contributed by atoms with Crippen molar-refractivity contribution in [1.29, 1.82) is 0 Å². The first kappa shape index (κ1) is 11.1. The molecule has 1 aliphatic carbocycles. The van der Waals surface area contributed by atoms with Crippen molar-refractivity contribution in [3.05, 3.63) is 23.5 Å². The minimum atomic E-state index is 0.768. The minimum absolute atomic E-state index is 0.768. The second-order valence-corrected chi connectivity index (χ2v) is 6.11. The molecule has 15 heavy (non-hydrogen) atoms. The van der Waals surface area contributed by atoms with Crippen LogP contribution in [-0.4, -0.2) is 15.6 Å². The van der Waals surface area contributed by atoms with Crippen LogP contribution in [0.4, 0.5) is 0 Å². The van der Waals surface area contributed by atoms with Gasteiger partial charge >= 0.3 is 0 Å². The summed E-state index contributed by atoms with van der Waals surface area (Å²) in [7, 11) is 0. The van der Waals surface area contributed by atoms with Gasteiger partial charge in [0.25, 0.3) is 0 Å². The highest BCUT2D eigenvalue weighted by atomic mass is 32.2. The van der Waals surface area contributed by atoms with Crippen molar-refractivity contribution in [3.63, 3.8) is 0 Å². The first-order valence-electron chi connectivity index (χ1n) is 5.98. The molecule has 2 rings (SSSR count). The summed E-state index contributed by atoms with van der Waals surface area (Å²) in [4.78, 5) is 0. The van der Waals surface area contributed by atoms with E-state index >= 15 is 0 Å². The lowest BCUT2D eigenvalue weighted by molar-refractivity contribution is 0.501. The van der Waals surface area contributed by atoms with Gasteiger partial charge in [-0.05, 0) is 51.0 Å². The molecule has 84 valence electrons. The molecule has 1 aliphatic rings. The fraction of sp³-hybridized carbons (Fsp3) is 0.692. The van der Waals surface area contributed by atoms with Gasteiger partial charge in [-0.2, -0.15) is 11.8 Å². The topological polar surface area (TPSA) is 4.93 Å². The van der Waals surface area contributed by atoms with Crippen LogP contribution < -0.4 is 0 Å². The molecule has 1 nitrogen and oxygen atoms in total. The Kier molecular flexibility index (Phi) is 3.45. The van der Waals surface area contributed by atoms with E-state index in [1.165, 1.54) is 36.4 Å². The SMILES string of the molecule is CCSC1CCC(n2c(C)ccc2C)C1. The fourth-order valence-corrected chi connectivity index (χ4v) is 3.93. The quantitative estimate of drug-likeness (QED) is 0.751. The zero-order valence-corrected chi connectivity index (χ0v) is 10.8. The molecule has 0 bridgehead atoms. The molecular weight excluding hydrogens is 202 g/mol. The summed E-state index contributed by atoms with van der Waals surface area (Å²) in [6, 6.07) is 5.26. The largest absolute Gasteiger partial charge is 0.346 e. The van der Waals surface area contributed by atoms with Crippen molar-refractivity contribution in [2.45, 2.75) is 51.3 Å². The van der Waals surface area contributed by atoms with Crippen LogP contribution in [-0.2, 0) is 0 Å². The number of hydrogen-bond donors (Lipinski definition) is 0. The summed E-state index contributed by atoms with van der Waals surface area (Å²) < 4.78 is 2.54. The van der Waals surface area contributed by atoms with E-state index in [1.807, 2.05) is 0 Å². The summed E-state index contributed by atoms with van der Waals surface area (Å²) in [6.45, 7) is 6.73. The normalized spacial score (nSPS) is 26.1. The Bertz CT molecular complexity index is 310. The summed E-state index contributed by atoms with van der Waals surface area (Å²) in [5.74, 6) is 1.26. The lowest BCUT2D eigenvalue weighted by atomic mass is 10.2. The third-order valence-corrected chi connectivity index (χ3v) is 4.68. The Hall–Kier alpha value is -0.370. The lowest BCUT2D eigenvalue weighted by Crippen LogP contribution is -2.09. The number of aromatic nitrogens is 1. The molecule has 0 N–H and O–H groups in total. The maximum atomic E-state index is 2.54. The molecule has 1 aromatic rings. The maximum Gasteiger partial charge on any atom is 0.0346 e. The molecule has 2 unspecified atom stereocenters. The highest BCUT2D eigenvalue weighted by molar-refractivity contribution is 7.99. The monoisotopic (exact) mass is 223 g/mol. The number of aryl methyl sites for hydroxylation is 2. The van der Waals surface area contributed by atoms with E-state index in [9.17, 15) is 0 Å². The molecule has 1 saturated carbocycles. The van der Waals surface area contributed by atoms with Crippen LogP contribution >= 0.6 is 11.8 Å². The minimum Gasteiger partial charge on any atom is -0.346 e. The average Bonchev–Trinajstić information content (AvgIpc) is 2.75. The van der Waals surface area contributed by atoms with Gasteiger partial charge in [-0.25, -0.2) is 0 Å². The van der Waals surface area contributed by atoms with Crippen LogP contribution in [0.5, 0.6) is 0 Å². The number of hydrogen-bond acceptors (Lipinski definition) is 1. The molecule has 0 saturated heterocycles. The van der Waals surface area contributed by atoms with E-state index in [4.69, 9.17) is 0 Å². The summed E-state index contributed by atoms with van der Waals surface area (Å²) in [6.07, 6.45) is 4.14. The highest BCUT2D eigenvalue weighted by Gasteiger charge is 2.26. The predicted octanol–water partition coefficient (Wildman–Crippen LogP) is 3.95. The second kappa shape index (κ2) is 4.65. The highest BCUT2D eigenvalue weighted by Crippen LogP contribution is 2.38. The van der Waals surface area contributed by atoms with Gasteiger partial charge < -0.3 is 4.57 Å². The molecule has 0 spiro atoms. The van der Waals surface area contributed by atoms with Gasteiger partial charge in [0.2, 0.25) is 0 Å². The van der Waals surface area contributed by atoms with E-state index in [0.717, 1.165) is 11.3 Å². The molecule has 1 aromatic heterocycles. The second-order valence-electron chi connectivity index (χ2n) is 4.53. The third kappa shape index (κ3) is 2.25. The first-order chi connectivity index (χ1) is 7.22. The molecule has 2 heteroatoms. The molecule has 0 aliphatic heterocycles. The smallest absolute Gasteiger partial charge is 0.0346 e. The van der Waals surface area contributed by atoms with Crippen LogP contribution in [0.25, 0.3) is 0 Å². The molecule has 1 heterocycles. The molecule has 0 aromatic carbocycles. The Morgan fingerprint density at radius 3 is 2.53 bits per heavy atom. The van der Waals surface area contributed by atoms with Crippen LogP contribution in [0.15, 0.2) is 12.1 Å². The van der Waals surface area contributed by atoms with Gasteiger partial charge in [0.05, 0.1) is 0 Å². The summed E-state index contributed by atoms with van der Waals surface area (Å²) in [5, 5.41) is 0.904. The Morgan fingerprint density at radius 1 is 1.27 bits per heavy atom. The summed E-state index contributed by atoms with van der Waals surface area (Å²) in [5.41, 5.74) is 2.86. The standard InChI is InChI=1S/C13H21NS/c1-4-15-13-8-7-12(9-13)14-10(2)5-6-11(14)3/h5-6,12-13H,4,7-9H2,1-3H3. The van der Waals surface area contributed by atoms with E-state index in [1.54, 1.807) is 0 Å². The zero-order valence-electron chi connectivity index (χ0n) is 9.99. The van der Waals surface area contributed by atoms with Crippen molar-refractivity contribution >= 4 is 11.8 Å². The number of rotatable bonds is 3. The zero-order chi connectivity index (χ0) is 10.8. The van der Waals surface area contributed by atoms with Gasteiger partial charge in [-0.3, -0.25) is 0 Å². The third-order valence-electron chi connectivity index (χ3n) is 3.45. The van der Waals surface area contributed by atoms with Crippen molar-refractivity contribution in [2.24, 2.45) is 0 Å². The molecule has 1 fully saturated rings. The Morgan fingerprint density at radius 2 is 1.93 bits per heavy atom. The molecule has 0 radical (unpaired) electrons. The van der Waals surface area contributed by atoms with Gasteiger partial charge in [-0.1, -0.05) is 6.92 Å². The van der Waals surface area contributed by atoms with Crippen molar-refractivity contribution in [2.75, 3.05) is 5.75 Å². The van der Waals surface area contributed by atoms with Crippen LogP contribution in [0.1, 0.15) is 43.6 Å². The van der Waals surface area contributed by atoms with E-state index < -0.39 is 0 Å². The Labute approximate surface area is 97.3 Å². The van der Waals surface area contributed by atoms with Gasteiger partial charge in [-0.15, -0.1) is 0 Å². The van der Waals surface area contributed by atoms with Crippen LogP contribution in [0.3, 0.4) is 0 Å². The van der Waals surface area contributed by atoms with Crippen molar-refractivity contribution in [1.82, 2.24) is 4.57 Å². The van der Waals surface area contributed by atoms with E-state index in [2.05, 4.69) is 49.2 Å². The average molecular weight is 223 g/mol. The molecule has 0 amide bonds. The van der Waals surface area contributed by atoms with E-state index in [0.29, 0.717) is 0 Å². The lowest BCUT2D eigenvalue weighted by Gasteiger charge is -2.17. The Balaban J connectivity index is 2.07. The van der Waals surface area contributed by atoms with Crippen molar-refractivity contribution in [3.8, 4) is 0 Å². The fourth-order valence-electron chi connectivity index (χ4n) is 2.79.